The number of morpholine rings is 1. The Bertz CT molecular complexity index is 802. The number of rotatable bonds is 3. The van der Waals surface area contributed by atoms with Gasteiger partial charge in [-0.05, 0) is 12.1 Å². The highest BCUT2D eigenvalue weighted by Crippen LogP contribution is 2.08. The predicted molar refractivity (Wildman–Crippen MR) is 80.8 cm³/mol. The van der Waals surface area contributed by atoms with E-state index in [2.05, 4.69) is 4.98 Å². The van der Waals surface area contributed by atoms with Crippen LogP contribution >= 0.6 is 0 Å². The van der Waals surface area contributed by atoms with Crippen LogP contribution in [0.25, 0.3) is 10.9 Å². The molecule has 0 radical (unpaired) electrons. The maximum absolute atomic E-state index is 12.2. The second-order valence-electron chi connectivity index (χ2n) is 5.17. The number of benzene rings is 1. The first-order valence-electron chi connectivity index (χ1n) is 7.24. The summed E-state index contributed by atoms with van der Waals surface area (Å²) >= 11 is 0. The monoisotopic (exact) mass is 303 g/mol. The molecule has 1 aliphatic rings. The summed E-state index contributed by atoms with van der Waals surface area (Å²) in [6, 6.07) is 6.88. The number of aromatic nitrogens is 2. The second-order valence-corrected chi connectivity index (χ2v) is 5.17. The summed E-state index contributed by atoms with van der Waals surface area (Å²) in [5.74, 6) is -0.00881. The second kappa shape index (κ2) is 6.15. The smallest absolute Gasteiger partial charge is 0.328 e. The molecule has 1 fully saturated rings. The molecule has 0 spiro atoms. The van der Waals surface area contributed by atoms with Crippen molar-refractivity contribution in [1.82, 2.24) is 14.5 Å². The fourth-order valence-corrected chi connectivity index (χ4v) is 2.64. The van der Waals surface area contributed by atoms with Crippen LogP contribution in [-0.2, 0) is 16.1 Å². The number of nitrogens with one attached hydrogen (secondary N) is 1. The molecule has 0 unspecified atom stereocenters. The molecular formula is C15H17N3O4. The van der Waals surface area contributed by atoms with Gasteiger partial charge in [0, 0.05) is 26.1 Å². The first-order valence-corrected chi connectivity index (χ1v) is 7.24. The predicted octanol–water partition coefficient (Wildman–Crippen LogP) is -0.0613. The van der Waals surface area contributed by atoms with E-state index in [-0.39, 0.29) is 18.9 Å². The van der Waals surface area contributed by atoms with Crippen molar-refractivity contribution in [2.45, 2.75) is 13.0 Å². The quantitative estimate of drug-likeness (QED) is 0.861. The van der Waals surface area contributed by atoms with Gasteiger partial charge in [0.1, 0.15) is 0 Å². The SMILES string of the molecule is O=C(CCn1c(=O)[nH]c(=O)c2ccccc21)N1CCOCC1. The highest BCUT2D eigenvalue weighted by atomic mass is 16.5. The van der Waals surface area contributed by atoms with Crippen molar-refractivity contribution in [3.8, 4) is 0 Å². The van der Waals surface area contributed by atoms with E-state index < -0.39 is 11.2 Å². The summed E-state index contributed by atoms with van der Waals surface area (Å²) < 4.78 is 6.65. The lowest BCUT2D eigenvalue weighted by atomic mass is 10.2. The third-order valence-electron chi connectivity index (χ3n) is 3.82. The third kappa shape index (κ3) is 2.80. The Hall–Kier alpha value is -2.41. The maximum atomic E-state index is 12.2. The number of aryl methyl sites for hydroxylation is 1. The number of ether oxygens (including phenoxy) is 1. The zero-order chi connectivity index (χ0) is 15.5. The van der Waals surface area contributed by atoms with Gasteiger partial charge in [0.15, 0.2) is 0 Å². The number of amides is 1. The molecule has 1 aliphatic heterocycles. The average Bonchev–Trinajstić information content (AvgIpc) is 2.55. The van der Waals surface area contributed by atoms with Crippen LogP contribution < -0.4 is 11.2 Å². The molecule has 1 aromatic heterocycles. The Labute approximate surface area is 126 Å². The Kier molecular flexibility index (Phi) is 4.06. The molecule has 0 saturated carbocycles. The lowest BCUT2D eigenvalue weighted by molar-refractivity contribution is -0.135. The van der Waals surface area contributed by atoms with Crippen LogP contribution in [-0.4, -0.2) is 46.7 Å². The van der Waals surface area contributed by atoms with Gasteiger partial charge in [-0.3, -0.25) is 19.1 Å². The fraction of sp³-hybridized carbons (Fsp3) is 0.400. The zero-order valence-electron chi connectivity index (χ0n) is 12.1. The number of aromatic amines is 1. The molecular weight excluding hydrogens is 286 g/mol. The minimum atomic E-state index is -0.488. The Morgan fingerprint density at radius 1 is 1.18 bits per heavy atom. The largest absolute Gasteiger partial charge is 0.378 e. The molecule has 1 amide bonds. The van der Waals surface area contributed by atoms with Gasteiger partial charge in [0.05, 0.1) is 24.1 Å². The lowest BCUT2D eigenvalue weighted by Crippen LogP contribution is -2.41. The maximum Gasteiger partial charge on any atom is 0.328 e. The number of fused-ring (bicyclic) bond motifs is 1. The van der Waals surface area contributed by atoms with Crippen LogP contribution in [0.5, 0.6) is 0 Å². The van der Waals surface area contributed by atoms with Crippen LogP contribution in [0.2, 0.25) is 0 Å². The Balaban J connectivity index is 1.83. The van der Waals surface area contributed by atoms with Crippen LogP contribution in [0.3, 0.4) is 0 Å². The minimum Gasteiger partial charge on any atom is -0.378 e. The fourth-order valence-electron chi connectivity index (χ4n) is 2.64. The van der Waals surface area contributed by atoms with Gasteiger partial charge in [0.25, 0.3) is 5.56 Å². The summed E-state index contributed by atoms with van der Waals surface area (Å²) in [6.45, 7) is 2.51. The van der Waals surface area contributed by atoms with Gasteiger partial charge in [0.2, 0.25) is 5.91 Å². The molecule has 1 aromatic carbocycles. The van der Waals surface area contributed by atoms with Crippen LogP contribution in [0.4, 0.5) is 0 Å². The van der Waals surface area contributed by atoms with Crippen LogP contribution in [0.1, 0.15) is 6.42 Å². The van der Waals surface area contributed by atoms with Crippen molar-refractivity contribution in [2.24, 2.45) is 0 Å². The van der Waals surface area contributed by atoms with Crippen molar-refractivity contribution in [3.05, 3.63) is 45.1 Å². The van der Waals surface area contributed by atoms with Gasteiger partial charge >= 0.3 is 5.69 Å². The molecule has 2 heterocycles. The summed E-state index contributed by atoms with van der Waals surface area (Å²) in [5.41, 5.74) is -0.346. The van der Waals surface area contributed by atoms with Crippen LogP contribution in [0, 0.1) is 0 Å². The number of para-hydroxylation sites is 1. The lowest BCUT2D eigenvalue weighted by Gasteiger charge is -2.27. The van der Waals surface area contributed by atoms with Crippen molar-refractivity contribution >= 4 is 16.8 Å². The molecule has 0 aliphatic carbocycles. The standard InChI is InChI=1S/C15H17N3O4/c19-13(17-7-9-22-10-8-17)5-6-18-12-4-2-1-3-11(12)14(20)16-15(18)21/h1-4H,5-10H2,(H,16,20,21). The van der Waals surface area contributed by atoms with Gasteiger partial charge < -0.3 is 9.64 Å². The summed E-state index contributed by atoms with van der Waals surface area (Å²) in [5, 5.41) is 0.445. The van der Waals surface area contributed by atoms with Crippen molar-refractivity contribution in [3.63, 3.8) is 0 Å². The third-order valence-corrected chi connectivity index (χ3v) is 3.82. The number of H-pyrrole nitrogens is 1. The average molecular weight is 303 g/mol. The molecule has 1 saturated heterocycles. The molecule has 2 aromatic rings. The number of carbonyl (C=O) groups excluding carboxylic acids is 1. The summed E-state index contributed by atoms with van der Waals surface area (Å²) in [7, 11) is 0. The molecule has 116 valence electrons. The topological polar surface area (TPSA) is 84.4 Å². The van der Waals surface area contributed by atoms with E-state index in [0.29, 0.717) is 37.2 Å². The first kappa shape index (κ1) is 14.5. The van der Waals surface area contributed by atoms with Gasteiger partial charge in [-0.1, -0.05) is 12.1 Å². The van der Waals surface area contributed by atoms with Crippen molar-refractivity contribution < 1.29 is 9.53 Å². The highest BCUT2D eigenvalue weighted by molar-refractivity contribution is 5.79. The summed E-state index contributed by atoms with van der Waals surface area (Å²) in [6.07, 6.45) is 0.218. The zero-order valence-corrected chi connectivity index (χ0v) is 12.1. The number of hydrogen-bond acceptors (Lipinski definition) is 4. The first-order chi connectivity index (χ1) is 10.7. The Morgan fingerprint density at radius 3 is 2.68 bits per heavy atom. The number of carbonyl (C=O) groups is 1. The van der Waals surface area contributed by atoms with E-state index in [0.717, 1.165) is 0 Å². The van der Waals surface area contributed by atoms with E-state index >= 15 is 0 Å². The molecule has 0 bridgehead atoms. The van der Waals surface area contributed by atoms with Gasteiger partial charge in [-0.25, -0.2) is 4.79 Å². The van der Waals surface area contributed by atoms with Gasteiger partial charge in [-0.2, -0.15) is 0 Å². The van der Waals surface area contributed by atoms with E-state index in [4.69, 9.17) is 4.74 Å². The molecule has 7 heteroatoms. The van der Waals surface area contributed by atoms with Crippen molar-refractivity contribution in [1.29, 1.82) is 0 Å². The molecule has 3 rings (SSSR count). The molecule has 22 heavy (non-hydrogen) atoms. The van der Waals surface area contributed by atoms with E-state index in [1.165, 1.54) is 4.57 Å². The molecule has 1 N–H and O–H groups in total. The molecule has 7 nitrogen and oxygen atoms in total. The number of hydrogen-bond donors (Lipinski definition) is 1. The van der Waals surface area contributed by atoms with Crippen LogP contribution in [0.15, 0.2) is 33.9 Å². The Morgan fingerprint density at radius 2 is 1.91 bits per heavy atom. The summed E-state index contributed by atoms with van der Waals surface area (Å²) in [4.78, 5) is 40.0. The minimum absolute atomic E-state index is 0.00881. The van der Waals surface area contributed by atoms with Gasteiger partial charge in [-0.15, -0.1) is 0 Å². The van der Waals surface area contributed by atoms with E-state index in [1.807, 2.05) is 0 Å². The van der Waals surface area contributed by atoms with E-state index in [1.54, 1.807) is 29.2 Å². The number of nitrogens with zero attached hydrogens (tertiary/aromatic N) is 2. The van der Waals surface area contributed by atoms with E-state index in [9.17, 15) is 14.4 Å². The van der Waals surface area contributed by atoms with Crippen molar-refractivity contribution in [2.75, 3.05) is 26.3 Å². The highest BCUT2D eigenvalue weighted by Gasteiger charge is 2.17. The normalized spacial score (nSPS) is 15.2. The molecule has 0 atom stereocenters.